The smallest absolute Gasteiger partial charge is 0.255 e. The fourth-order valence-electron chi connectivity index (χ4n) is 1.67. The fourth-order valence-corrected chi connectivity index (χ4v) is 1.67. The van der Waals surface area contributed by atoms with Gasteiger partial charge in [0.25, 0.3) is 5.91 Å². The van der Waals surface area contributed by atoms with Gasteiger partial charge in [0.15, 0.2) is 0 Å². The van der Waals surface area contributed by atoms with Crippen molar-refractivity contribution in [2.75, 3.05) is 11.9 Å². The minimum absolute atomic E-state index is 0.138. The first kappa shape index (κ1) is 13.9. The Morgan fingerprint density at radius 1 is 1.10 bits per heavy atom. The number of aromatic hydroxyl groups is 1. The fraction of sp³-hybridized carbons (Fsp3) is 0.188. The monoisotopic (exact) mass is 271 g/mol. The van der Waals surface area contributed by atoms with Crippen molar-refractivity contribution in [3.05, 3.63) is 54.1 Å². The summed E-state index contributed by atoms with van der Waals surface area (Å²) >= 11 is 0. The molecular weight excluding hydrogens is 254 g/mol. The molecule has 0 saturated heterocycles. The summed E-state index contributed by atoms with van der Waals surface area (Å²) in [5.74, 6) is 0.709. The van der Waals surface area contributed by atoms with Crippen LogP contribution in [0.2, 0.25) is 0 Å². The molecule has 2 N–H and O–H groups in total. The molecule has 104 valence electrons. The summed E-state index contributed by atoms with van der Waals surface area (Å²) in [6.45, 7) is 2.73. The summed E-state index contributed by atoms with van der Waals surface area (Å²) in [5.41, 5.74) is 1.20. The molecule has 4 heteroatoms. The number of carbonyl (C=O) groups is 1. The minimum Gasteiger partial charge on any atom is -0.508 e. The first-order chi connectivity index (χ1) is 9.69. The van der Waals surface area contributed by atoms with E-state index in [1.165, 1.54) is 12.1 Å². The third-order valence-electron chi connectivity index (χ3n) is 2.71. The lowest BCUT2D eigenvalue weighted by atomic mass is 10.2. The second-order valence-corrected chi connectivity index (χ2v) is 4.37. The summed E-state index contributed by atoms with van der Waals surface area (Å²) < 4.78 is 5.47. The zero-order valence-electron chi connectivity index (χ0n) is 11.3. The van der Waals surface area contributed by atoms with E-state index in [1.54, 1.807) is 24.3 Å². The highest BCUT2D eigenvalue weighted by molar-refractivity contribution is 6.04. The van der Waals surface area contributed by atoms with Crippen LogP contribution in [0, 0.1) is 0 Å². The molecule has 0 spiro atoms. The molecule has 0 aliphatic carbocycles. The van der Waals surface area contributed by atoms with Crippen molar-refractivity contribution in [3.63, 3.8) is 0 Å². The molecule has 2 rings (SSSR count). The molecule has 2 aromatic rings. The SMILES string of the molecule is CCCOc1ccc(NC(=O)c2ccc(O)cc2)cc1. The maximum Gasteiger partial charge on any atom is 0.255 e. The highest BCUT2D eigenvalue weighted by Gasteiger charge is 2.05. The predicted octanol–water partition coefficient (Wildman–Crippen LogP) is 3.43. The minimum atomic E-state index is -0.216. The molecule has 0 aliphatic rings. The maximum atomic E-state index is 12.0. The number of anilines is 1. The molecule has 0 radical (unpaired) electrons. The van der Waals surface area contributed by atoms with Gasteiger partial charge in [-0.25, -0.2) is 0 Å². The van der Waals surface area contributed by atoms with Crippen molar-refractivity contribution in [3.8, 4) is 11.5 Å². The molecule has 20 heavy (non-hydrogen) atoms. The highest BCUT2D eigenvalue weighted by Crippen LogP contribution is 2.17. The Labute approximate surface area is 118 Å². The van der Waals surface area contributed by atoms with E-state index in [1.807, 2.05) is 19.1 Å². The van der Waals surface area contributed by atoms with E-state index in [4.69, 9.17) is 4.74 Å². The Morgan fingerprint density at radius 3 is 2.35 bits per heavy atom. The topological polar surface area (TPSA) is 58.6 Å². The van der Waals surface area contributed by atoms with Crippen LogP contribution < -0.4 is 10.1 Å². The number of hydrogen-bond donors (Lipinski definition) is 2. The van der Waals surface area contributed by atoms with Crippen LogP contribution in [-0.2, 0) is 0 Å². The van der Waals surface area contributed by atoms with E-state index in [9.17, 15) is 9.90 Å². The third-order valence-corrected chi connectivity index (χ3v) is 2.71. The second kappa shape index (κ2) is 6.61. The molecule has 0 saturated carbocycles. The lowest BCUT2D eigenvalue weighted by molar-refractivity contribution is 0.102. The average Bonchev–Trinajstić information content (AvgIpc) is 2.47. The van der Waals surface area contributed by atoms with E-state index in [0.717, 1.165) is 12.2 Å². The molecule has 0 unspecified atom stereocenters. The van der Waals surface area contributed by atoms with Gasteiger partial charge < -0.3 is 15.2 Å². The van der Waals surface area contributed by atoms with Crippen molar-refractivity contribution in [2.45, 2.75) is 13.3 Å². The van der Waals surface area contributed by atoms with Crippen molar-refractivity contribution >= 4 is 11.6 Å². The normalized spacial score (nSPS) is 10.1. The van der Waals surface area contributed by atoms with Crippen LogP contribution in [0.25, 0.3) is 0 Å². The standard InChI is InChI=1S/C16H17NO3/c1-2-11-20-15-9-5-13(6-10-15)17-16(19)12-3-7-14(18)8-4-12/h3-10,18H,2,11H2,1H3,(H,17,19). The molecule has 4 nitrogen and oxygen atoms in total. The number of rotatable bonds is 5. The Hall–Kier alpha value is -2.49. The Kier molecular flexibility index (Phi) is 4.60. The zero-order chi connectivity index (χ0) is 14.4. The first-order valence-electron chi connectivity index (χ1n) is 6.52. The summed E-state index contributed by atoms with van der Waals surface area (Å²) in [5, 5.41) is 12.0. The van der Waals surface area contributed by atoms with Crippen LogP contribution >= 0.6 is 0 Å². The predicted molar refractivity (Wildman–Crippen MR) is 78.3 cm³/mol. The van der Waals surface area contributed by atoms with Crippen LogP contribution in [0.3, 0.4) is 0 Å². The van der Waals surface area contributed by atoms with Crippen LogP contribution in [-0.4, -0.2) is 17.6 Å². The first-order valence-corrected chi connectivity index (χ1v) is 6.52. The van der Waals surface area contributed by atoms with Gasteiger partial charge in [-0.1, -0.05) is 6.92 Å². The Balaban J connectivity index is 1.99. The van der Waals surface area contributed by atoms with Gasteiger partial charge in [-0.05, 0) is 55.0 Å². The van der Waals surface area contributed by atoms with Crippen LogP contribution in [0.1, 0.15) is 23.7 Å². The summed E-state index contributed by atoms with van der Waals surface area (Å²) in [6, 6.07) is 13.3. The summed E-state index contributed by atoms with van der Waals surface area (Å²) in [7, 11) is 0. The zero-order valence-corrected chi connectivity index (χ0v) is 11.3. The van der Waals surface area contributed by atoms with Gasteiger partial charge in [0.05, 0.1) is 6.61 Å². The molecular formula is C16H17NO3. The number of hydrogen-bond acceptors (Lipinski definition) is 3. The Morgan fingerprint density at radius 2 is 1.75 bits per heavy atom. The van der Waals surface area contributed by atoms with E-state index >= 15 is 0 Å². The summed E-state index contributed by atoms with van der Waals surface area (Å²) in [6.07, 6.45) is 0.958. The van der Waals surface area contributed by atoms with Gasteiger partial charge in [0.1, 0.15) is 11.5 Å². The van der Waals surface area contributed by atoms with Crippen LogP contribution in [0.4, 0.5) is 5.69 Å². The molecule has 0 aliphatic heterocycles. The van der Waals surface area contributed by atoms with Crippen molar-refractivity contribution < 1.29 is 14.6 Å². The lowest BCUT2D eigenvalue weighted by Gasteiger charge is -2.07. The number of phenolic OH excluding ortho intramolecular Hbond substituents is 1. The third kappa shape index (κ3) is 3.75. The van der Waals surface area contributed by atoms with Crippen molar-refractivity contribution in [1.29, 1.82) is 0 Å². The molecule has 0 heterocycles. The number of carbonyl (C=O) groups excluding carboxylic acids is 1. The number of nitrogens with one attached hydrogen (secondary N) is 1. The highest BCUT2D eigenvalue weighted by atomic mass is 16.5. The van der Waals surface area contributed by atoms with E-state index in [2.05, 4.69) is 5.32 Å². The van der Waals surface area contributed by atoms with Crippen LogP contribution in [0.15, 0.2) is 48.5 Å². The van der Waals surface area contributed by atoms with Crippen molar-refractivity contribution in [1.82, 2.24) is 0 Å². The van der Waals surface area contributed by atoms with Gasteiger partial charge in [-0.15, -0.1) is 0 Å². The quantitative estimate of drug-likeness (QED) is 0.875. The van der Waals surface area contributed by atoms with E-state index < -0.39 is 0 Å². The average molecular weight is 271 g/mol. The largest absolute Gasteiger partial charge is 0.508 e. The Bertz CT molecular complexity index is 561. The molecule has 2 aromatic carbocycles. The van der Waals surface area contributed by atoms with Crippen molar-refractivity contribution in [2.24, 2.45) is 0 Å². The van der Waals surface area contributed by atoms with E-state index in [0.29, 0.717) is 17.9 Å². The molecule has 1 amide bonds. The van der Waals surface area contributed by atoms with Gasteiger partial charge in [0, 0.05) is 11.3 Å². The molecule has 0 aromatic heterocycles. The van der Waals surface area contributed by atoms with Gasteiger partial charge in [-0.3, -0.25) is 4.79 Å². The molecule has 0 bridgehead atoms. The number of phenols is 1. The second-order valence-electron chi connectivity index (χ2n) is 4.37. The van der Waals surface area contributed by atoms with Crippen LogP contribution in [0.5, 0.6) is 11.5 Å². The number of amides is 1. The maximum absolute atomic E-state index is 12.0. The van der Waals surface area contributed by atoms with Gasteiger partial charge in [-0.2, -0.15) is 0 Å². The molecule has 0 atom stereocenters. The van der Waals surface area contributed by atoms with Gasteiger partial charge in [0.2, 0.25) is 0 Å². The van der Waals surface area contributed by atoms with Gasteiger partial charge >= 0.3 is 0 Å². The van der Waals surface area contributed by atoms with E-state index in [-0.39, 0.29) is 11.7 Å². The number of ether oxygens (including phenoxy) is 1. The summed E-state index contributed by atoms with van der Waals surface area (Å²) in [4.78, 5) is 12.0. The lowest BCUT2D eigenvalue weighted by Crippen LogP contribution is -2.11. The molecule has 0 fully saturated rings. The number of benzene rings is 2.